The second-order valence-corrected chi connectivity index (χ2v) is 1.89. The Morgan fingerprint density at radius 3 is 1.58 bits per heavy atom. The molecule has 3 atom stereocenters. The van der Waals surface area contributed by atoms with Gasteiger partial charge in [-0.05, 0) is 0 Å². The molecule has 72 valence electrons. The zero-order chi connectivity index (χ0) is 9.02. The van der Waals surface area contributed by atoms with Gasteiger partial charge in [0.25, 0.3) is 6.43 Å². The molecule has 0 bridgehead atoms. The van der Waals surface area contributed by atoms with Gasteiger partial charge in [0.05, 0.1) is 0 Å². The van der Waals surface area contributed by atoms with Crippen LogP contribution in [0.2, 0.25) is 0 Å². The van der Waals surface area contributed by atoms with E-state index in [1.807, 2.05) is 0 Å². The molecule has 0 saturated carbocycles. The van der Waals surface area contributed by atoms with Gasteiger partial charge < -0.3 is 2.85 Å². The maximum Gasteiger partial charge on any atom is 2.00 e. The molecule has 0 aromatic rings. The maximum atomic E-state index is 12.0. The van der Waals surface area contributed by atoms with Crippen LogP contribution in [0.15, 0.2) is 0 Å². The molecule has 0 rings (SSSR count). The van der Waals surface area contributed by atoms with Crippen LogP contribution in [0.1, 0.15) is 2.85 Å². The van der Waals surface area contributed by atoms with Gasteiger partial charge in [-0.1, -0.05) is 0 Å². The number of hydrogen-bond acceptors (Lipinski definition) is 0. The number of hydrogen-bond donors (Lipinski definition) is 0. The molecule has 12 heavy (non-hydrogen) atoms. The summed E-state index contributed by atoms with van der Waals surface area (Å²) in [6.45, 7) is -1.80. The minimum Gasteiger partial charge on any atom is -1.00 e. The Hall–Kier alpha value is 0.346. The van der Waals surface area contributed by atoms with E-state index in [2.05, 4.69) is 0 Å². The van der Waals surface area contributed by atoms with Gasteiger partial charge in [0, 0.05) is 0 Å². The van der Waals surface area contributed by atoms with Crippen LogP contribution in [0, 0.1) is 0 Å². The first-order valence-electron chi connectivity index (χ1n) is 2.77. The van der Waals surface area contributed by atoms with Gasteiger partial charge in [-0.25, -0.2) is 26.3 Å². The Labute approximate surface area is 84.4 Å². The third-order valence-corrected chi connectivity index (χ3v) is 1.04. The average Bonchev–Trinajstić information content (AvgIpc) is 2.00. The normalized spacial score (nSPS) is 18.2. The smallest absolute Gasteiger partial charge is 1.00 e. The molecular weight excluding hydrogens is 198 g/mol. The van der Waals surface area contributed by atoms with Crippen molar-refractivity contribution in [3.8, 4) is 0 Å². The molecular formula is C5H8F6Mg. The molecule has 0 amide bonds. The van der Waals surface area contributed by atoms with Crippen LogP contribution in [-0.2, 0) is 0 Å². The molecule has 0 spiro atoms. The monoisotopic (exact) mass is 206 g/mol. The van der Waals surface area contributed by atoms with E-state index >= 15 is 0 Å². The zero-order valence-corrected chi connectivity index (χ0v) is 7.41. The van der Waals surface area contributed by atoms with Gasteiger partial charge >= 0.3 is 23.1 Å². The molecule has 0 aliphatic heterocycles. The molecule has 0 aromatic heterocycles. The molecule has 0 heterocycles. The number of halogens is 6. The van der Waals surface area contributed by atoms with Crippen molar-refractivity contribution in [2.45, 2.75) is 24.9 Å². The Bertz CT molecular complexity index is 118. The summed E-state index contributed by atoms with van der Waals surface area (Å²) in [7, 11) is 0. The van der Waals surface area contributed by atoms with Crippen LogP contribution in [0.3, 0.4) is 0 Å². The van der Waals surface area contributed by atoms with Crippen molar-refractivity contribution in [1.82, 2.24) is 0 Å². The third-order valence-electron chi connectivity index (χ3n) is 1.04. The fraction of sp³-hybridized carbons (Fsp3) is 1.00. The molecule has 0 saturated heterocycles. The van der Waals surface area contributed by atoms with Crippen molar-refractivity contribution >= 4 is 23.1 Å². The van der Waals surface area contributed by atoms with E-state index in [1.54, 1.807) is 0 Å². The fourth-order valence-electron chi connectivity index (χ4n) is 0.424. The SMILES string of the molecule is FCC(F)C(F)C(F)C(F)F.[H-].[H-].[Mg+2]. The molecule has 0 aromatic carbocycles. The van der Waals surface area contributed by atoms with Crippen LogP contribution in [-0.4, -0.2) is 54.7 Å². The first-order valence-corrected chi connectivity index (χ1v) is 2.77. The summed E-state index contributed by atoms with van der Waals surface area (Å²) in [4.78, 5) is 0. The summed E-state index contributed by atoms with van der Waals surface area (Å²) in [6, 6.07) is 0. The average molecular weight is 206 g/mol. The zero-order valence-electron chi connectivity index (χ0n) is 7.99. The third kappa shape index (κ3) is 4.39. The largest absolute Gasteiger partial charge is 2.00 e. The number of rotatable bonds is 4. The van der Waals surface area contributed by atoms with E-state index in [1.165, 1.54) is 0 Å². The van der Waals surface area contributed by atoms with Crippen LogP contribution >= 0.6 is 0 Å². The predicted molar refractivity (Wildman–Crippen MR) is 34.6 cm³/mol. The molecule has 0 fully saturated rings. The Morgan fingerprint density at radius 2 is 1.33 bits per heavy atom. The molecule has 0 nitrogen and oxygen atoms in total. The Kier molecular flexibility index (Phi) is 8.44. The molecule has 0 aliphatic carbocycles. The van der Waals surface area contributed by atoms with Gasteiger partial charge in [0.1, 0.15) is 6.67 Å². The van der Waals surface area contributed by atoms with Crippen LogP contribution in [0.5, 0.6) is 0 Å². The fourth-order valence-corrected chi connectivity index (χ4v) is 0.424. The van der Waals surface area contributed by atoms with Gasteiger partial charge in [-0.3, -0.25) is 0 Å². The standard InChI is InChI=1S/C5H6F6.Mg.2H/c6-1-2(7)3(8)4(9)5(10)11;;;/h2-5H,1H2;;;/q;+2;2*-1. The minimum absolute atomic E-state index is 0. The van der Waals surface area contributed by atoms with Crippen LogP contribution < -0.4 is 0 Å². The van der Waals surface area contributed by atoms with Crippen molar-refractivity contribution in [2.24, 2.45) is 0 Å². The summed E-state index contributed by atoms with van der Waals surface area (Å²) < 4.78 is 69.4. The van der Waals surface area contributed by atoms with Crippen molar-refractivity contribution in [3.05, 3.63) is 0 Å². The van der Waals surface area contributed by atoms with E-state index in [4.69, 9.17) is 0 Å². The first-order chi connectivity index (χ1) is 5.00. The Balaban J connectivity index is -0.000000167. The molecule has 0 radical (unpaired) electrons. The van der Waals surface area contributed by atoms with E-state index in [0.29, 0.717) is 0 Å². The van der Waals surface area contributed by atoms with E-state index in [0.717, 1.165) is 0 Å². The molecule has 7 heteroatoms. The maximum absolute atomic E-state index is 12.0. The predicted octanol–water partition coefficient (Wildman–Crippen LogP) is 2.08. The summed E-state index contributed by atoms with van der Waals surface area (Å²) in [5.41, 5.74) is 0. The summed E-state index contributed by atoms with van der Waals surface area (Å²) in [6.07, 6.45) is -12.8. The topological polar surface area (TPSA) is 0 Å². The molecule has 0 N–H and O–H groups in total. The van der Waals surface area contributed by atoms with E-state index in [-0.39, 0.29) is 25.9 Å². The Morgan fingerprint density at radius 1 is 0.917 bits per heavy atom. The van der Waals surface area contributed by atoms with E-state index < -0.39 is 31.6 Å². The summed E-state index contributed by atoms with van der Waals surface area (Å²) in [5.74, 6) is 0. The number of alkyl halides is 6. The summed E-state index contributed by atoms with van der Waals surface area (Å²) in [5, 5.41) is 0. The van der Waals surface area contributed by atoms with Crippen molar-refractivity contribution < 1.29 is 29.2 Å². The second-order valence-electron chi connectivity index (χ2n) is 1.89. The molecule has 0 aliphatic rings. The van der Waals surface area contributed by atoms with Crippen molar-refractivity contribution in [3.63, 3.8) is 0 Å². The quantitative estimate of drug-likeness (QED) is 0.488. The van der Waals surface area contributed by atoms with Crippen molar-refractivity contribution in [1.29, 1.82) is 0 Å². The van der Waals surface area contributed by atoms with Crippen molar-refractivity contribution in [2.75, 3.05) is 6.67 Å². The summed E-state index contributed by atoms with van der Waals surface area (Å²) >= 11 is 0. The van der Waals surface area contributed by atoms with Gasteiger partial charge in [-0.15, -0.1) is 0 Å². The minimum atomic E-state index is -3.62. The van der Waals surface area contributed by atoms with E-state index in [9.17, 15) is 26.3 Å². The van der Waals surface area contributed by atoms with Crippen LogP contribution in [0.4, 0.5) is 26.3 Å². The second kappa shape index (κ2) is 6.82. The first kappa shape index (κ1) is 14.8. The van der Waals surface area contributed by atoms with Gasteiger partial charge in [-0.2, -0.15) is 0 Å². The molecule has 3 unspecified atom stereocenters. The van der Waals surface area contributed by atoms with Gasteiger partial charge in [0.15, 0.2) is 18.5 Å². The van der Waals surface area contributed by atoms with Crippen LogP contribution in [0.25, 0.3) is 0 Å². The van der Waals surface area contributed by atoms with Gasteiger partial charge in [0.2, 0.25) is 0 Å².